The van der Waals surface area contributed by atoms with Gasteiger partial charge in [-0.15, -0.1) is 0 Å². The SMILES string of the molecule is CC(=O)O[C@H]1[C@@H](n2cnc3ccccc32)C[C@H]2[C@@H]3CC[C@H]4C[C@@H](N5CCN(C)CC5)CC[C@]4(C)[C@H]3CC[C@@]21C. The second-order valence-corrected chi connectivity index (χ2v) is 14.4. The minimum absolute atomic E-state index is 0.0309. The fraction of sp³-hybridized carbons (Fsp3) is 0.758. The lowest BCUT2D eigenvalue weighted by Crippen LogP contribution is -2.57. The van der Waals surface area contributed by atoms with Crippen LogP contribution in [0.4, 0.5) is 0 Å². The van der Waals surface area contributed by atoms with Crippen molar-refractivity contribution in [2.24, 2.45) is 34.5 Å². The number of fused-ring (bicyclic) bond motifs is 6. The number of carbonyl (C=O) groups excluding carboxylic acids is 1. The summed E-state index contributed by atoms with van der Waals surface area (Å²) in [7, 11) is 2.27. The number of aromatic nitrogens is 2. The maximum atomic E-state index is 12.4. The van der Waals surface area contributed by atoms with E-state index in [1.54, 1.807) is 6.92 Å². The average Bonchev–Trinajstić information content (AvgIpc) is 3.47. The zero-order valence-electron chi connectivity index (χ0n) is 24.5. The van der Waals surface area contributed by atoms with Gasteiger partial charge in [0.2, 0.25) is 0 Å². The van der Waals surface area contributed by atoms with E-state index >= 15 is 0 Å². The highest BCUT2D eigenvalue weighted by atomic mass is 16.5. The van der Waals surface area contributed by atoms with Crippen LogP contribution in [0.25, 0.3) is 11.0 Å². The van der Waals surface area contributed by atoms with Crippen LogP contribution >= 0.6 is 0 Å². The number of benzene rings is 1. The minimum atomic E-state index is -0.142. The van der Waals surface area contributed by atoms with Crippen molar-refractivity contribution in [1.29, 1.82) is 0 Å². The average molecular weight is 533 g/mol. The Balaban J connectivity index is 1.15. The Labute approximate surface area is 234 Å². The summed E-state index contributed by atoms with van der Waals surface area (Å²) in [5, 5.41) is 0. The largest absolute Gasteiger partial charge is 0.460 e. The van der Waals surface area contributed by atoms with Gasteiger partial charge in [0, 0.05) is 44.6 Å². The maximum absolute atomic E-state index is 12.4. The highest BCUT2D eigenvalue weighted by Gasteiger charge is 2.64. The van der Waals surface area contributed by atoms with Gasteiger partial charge in [0.05, 0.1) is 23.4 Å². The Bertz CT molecular complexity index is 1220. The normalized spacial score (nSPS) is 43.0. The van der Waals surface area contributed by atoms with Gasteiger partial charge < -0.3 is 14.2 Å². The number of para-hydroxylation sites is 2. The lowest BCUT2D eigenvalue weighted by Gasteiger charge is -2.61. The molecule has 0 spiro atoms. The number of likely N-dealkylation sites (N-methyl/N-ethyl adjacent to an activating group) is 1. The summed E-state index contributed by atoms with van der Waals surface area (Å²) >= 11 is 0. The predicted molar refractivity (Wildman–Crippen MR) is 154 cm³/mol. The van der Waals surface area contributed by atoms with E-state index in [0.717, 1.165) is 41.2 Å². The fourth-order valence-electron chi connectivity index (χ4n) is 10.6. The minimum Gasteiger partial charge on any atom is -0.460 e. The van der Waals surface area contributed by atoms with Gasteiger partial charge in [-0.2, -0.15) is 0 Å². The highest BCUT2D eigenvalue weighted by Crippen LogP contribution is 2.68. The molecule has 1 aliphatic heterocycles. The van der Waals surface area contributed by atoms with Crippen LogP contribution in [0.2, 0.25) is 0 Å². The van der Waals surface area contributed by atoms with Gasteiger partial charge in [-0.1, -0.05) is 26.0 Å². The summed E-state index contributed by atoms with van der Waals surface area (Å²) in [5.41, 5.74) is 2.69. The van der Waals surface area contributed by atoms with Crippen molar-refractivity contribution in [3.8, 4) is 0 Å². The Morgan fingerprint density at radius 2 is 1.72 bits per heavy atom. The Morgan fingerprint density at radius 1 is 0.949 bits per heavy atom. The van der Waals surface area contributed by atoms with Crippen LogP contribution in [0.1, 0.15) is 78.2 Å². The molecule has 5 fully saturated rings. The number of ether oxygens (including phenoxy) is 1. The monoisotopic (exact) mass is 532 g/mol. The zero-order valence-corrected chi connectivity index (χ0v) is 24.5. The molecule has 1 aromatic heterocycles. The molecule has 0 N–H and O–H groups in total. The molecule has 4 aliphatic carbocycles. The molecule has 0 amide bonds. The Kier molecular flexibility index (Phi) is 6.39. The molecule has 1 saturated heterocycles. The smallest absolute Gasteiger partial charge is 0.302 e. The van der Waals surface area contributed by atoms with E-state index in [4.69, 9.17) is 9.72 Å². The van der Waals surface area contributed by atoms with Crippen molar-refractivity contribution in [3.05, 3.63) is 30.6 Å². The van der Waals surface area contributed by atoms with Crippen LogP contribution in [0.3, 0.4) is 0 Å². The van der Waals surface area contributed by atoms with Crippen molar-refractivity contribution in [2.45, 2.75) is 90.3 Å². The van der Waals surface area contributed by atoms with Gasteiger partial charge in [-0.3, -0.25) is 9.69 Å². The quantitative estimate of drug-likeness (QED) is 0.469. The Morgan fingerprint density at radius 3 is 2.51 bits per heavy atom. The lowest BCUT2D eigenvalue weighted by atomic mass is 9.45. The predicted octanol–water partition coefficient (Wildman–Crippen LogP) is 5.78. The summed E-state index contributed by atoms with van der Waals surface area (Å²) in [4.78, 5) is 22.5. The summed E-state index contributed by atoms with van der Waals surface area (Å²) in [6, 6.07) is 9.37. The van der Waals surface area contributed by atoms with Crippen molar-refractivity contribution in [2.75, 3.05) is 33.2 Å². The van der Waals surface area contributed by atoms with Gasteiger partial charge in [0.15, 0.2) is 0 Å². The molecular weight excluding hydrogens is 484 g/mol. The molecular formula is C33H48N4O2. The summed E-state index contributed by atoms with van der Waals surface area (Å²) in [5.74, 6) is 2.86. The van der Waals surface area contributed by atoms with Crippen molar-refractivity contribution < 1.29 is 9.53 Å². The molecule has 212 valence electrons. The van der Waals surface area contributed by atoms with Crippen LogP contribution < -0.4 is 0 Å². The molecule has 1 aromatic carbocycles. The zero-order chi connectivity index (χ0) is 26.9. The number of nitrogens with zero attached hydrogens (tertiary/aromatic N) is 4. The van der Waals surface area contributed by atoms with E-state index in [9.17, 15) is 4.79 Å². The third-order valence-electron chi connectivity index (χ3n) is 12.8. The van der Waals surface area contributed by atoms with Gasteiger partial charge in [0.1, 0.15) is 6.10 Å². The van der Waals surface area contributed by atoms with Gasteiger partial charge in [0.25, 0.3) is 0 Å². The van der Waals surface area contributed by atoms with Crippen LogP contribution in [-0.4, -0.2) is 70.7 Å². The van der Waals surface area contributed by atoms with Crippen LogP contribution in [0, 0.1) is 34.5 Å². The molecule has 6 heteroatoms. The van der Waals surface area contributed by atoms with Crippen molar-refractivity contribution in [3.63, 3.8) is 0 Å². The topological polar surface area (TPSA) is 50.6 Å². The molecule has 6 nitrogen and oxygen atoms in total. The number of esters is 1. The van der Waals surface area contributed by atoms with E-state index in [0.29, 0.717) is 11.3 Å². The van der Waals surface area contributed by atoms with Gasteiger partial charge >= 0.3 is 5.97 Å². The fourth-order valence-corrected chi connectivity index (χ4v) is 10.6. The van der Waals surface area contributed by atoms with E-state index in [2.05, 4.69) is 59.5 Å². The number of rotatable bonds is 3. The van der Waals surface area contributed by atoms with E-state index < -0.39 is 0 Å². The first kappa shape index (κ1) is 26.0. The molecule has 0 radical (unpaired) electrons. The van der Waals surface area contributed by atoms with Crippen molar-refractivity contribution in [1.82, 2.24) is 19.4 Å². The van der Waals surface area contributed by atoms with Crippen LogP contribution in [0.15, 0.2) is 30.6 Å². The molecule has 2 heterocycles. The summed E-state index contributed by atoms with van der Waals surface area (Å²) in [6.07, 6.45) is 12.4. The third kappa shape index (κ3) is 4.10. The second kappa shape index (κ2) is 9.58. The van der Waals surface area contributed by atoms with Crippen molar-refractivity contribution >= 4 is 17.0 Å². The number of carbonyl (C=O) groups is 1. The highest BCUT2D eigenvalue weighted by molar-refractivity contribution is 5.75. The van der Waals surface area contributed by atoms with Gasteiger partial charge in [-0.05, 0) is 99.6 Å². The number of hydrogen-bond acceptors (Lipinski definition) is 5. The summed E-state index contributed by atoms with van der Waals surface area (Å²) in [6.45, 7) is 11.7. The molecule has 0 bridgehead atoms. The standard InChI is InChI=1S/C33H48N4O2/c1-22(38)39-31-30(37-21-34-28-7-5-6-8-29(28)37)20-27-25-10-9-23-19-24(36-17-15-35(4)16-18-36)11-13-32(23,2)26(25)12-14-33(27,31)3/h5-8,21,23-27,30-31H,9-20H2,1-4H3/t23-,24-,25+,26-,27-,30-,31-,32-,33-/m0/s1. The number of piperazine rings is 1. The molecule has 7 rings (SSSR count). The lowest BCUT2D eigenvalue weighted by molar-refractivity contribution is -0.164. The molecule has 0 unspecified atom stereocenters. The third-order valence-corrected chi connectivity index (χ3v) is 12.8. The van der Waals surface area contributed by atoms with E-state index in [1.807, 2.05) is 6.33 Å². The van der Waals surface area contributed by atoms with Crippen LogP contribution in [0.5, 0.6) is 0 Å². The van der Waals surface area contributed by atoms with Gasteiger partial charge in [-0.25, -0.2) is 4.98 Å². The first-order valence-electron chi connectivity index (χ1n) is 15.8. The molecule has 9 atom stereocenters. The first-order valence-corrected chi connectivity index (χ1v) is 15.8. The maximum Gasteiger partial charge on any atom is 0.302 e. The summed E-state index contributed by atoms with van der Waals surface area (Å²) < 4.78 is 8.62. The first-order chi connectivity index (χ1) is 18.8. The number of imidazole rings is 1. The second-order valence-electron chi connectivity index (χ2n) is 14.4. The number of hydrogen-bond donors (Lipinski definition) is 0. The molecule has 5 aliphatic rings. The molecule has 4 saturated carbocycles. The molecule has 39 heavy (non-hydrogen) atoms. The Hall–Kier alpha value is -1.92. The van der Waals surface area contributed by atoms with E-state index in [-0.39, 0.29) is 23.5 Å². The van der Waals surface area contributed by atoms with E-state index in [1.165, 1.54) is 71.1 Å². The van der Waals surface area contributed by atoms with Crippen LogP contribution in [-0.2, 0) is 9.53 Å². The molecule has 2 aromatic rings.